The molecule has 0 N–H and O–H groups in total. The van der Waals surface area contributed by atoms with Gasteiger partial charge in [-0.25, -0.2) is 0 Å². The Hall–Kier alpha value is -5.98. The van der Waals surface area contributed by atoms with E-state index in [9.17, 15) is 0 Å². The summed E-state index contributed by atoms with van der Waals surface area (Å²) in [5.41, 5.74) is 14.6. The third-order valence-electron chi connectivity index (χ3n) is 8.84. The number of rotatable bonds is 6. The van der Waals surface area contributed by atoms with Crippen LogP contribution in [0, 0.1) is 0 Å². The van der Waals surface area contributed by atoms with Crippen LogP contribution >= 0.6 is 0 Å². The third kappa shape index (κ3) is 5.42. The Morgan fingerprint density at radius 1 is 0.174 bits per heavy atom. The van der Waals surface area contributed by atoms with Crippen molar-refractivity contribution >= 4 is 10.8 Å². The third-order valence-corrected chi connectivity index (χ3v) is 8.84. The number of hydrogen-bond acceptors (Lipinski definition) is 0. The Kier molecular flexibility index (Phi) is 7.30. The maximum absolute atomic E-state index is 2.34. The first-order chi connectivity index (χ1) is 22.8. The zero-order valence-electron chi connectivity index (χ0n) is 25.5. The molecule has 0 bridgehead atoms. The molecule has 0 heterocycles. The summed E-state index contributed by atoms with van der Waals surface area (Å²) >= 11 is 0. The fourth-order valence-corrected chi connectivity index (χ4v) is 6.56. The largest absolute Gasteiger partial charge is 0.0622 e. The van der Waals surface area contributed by atoms with Crippen molar-refractivity contribution in [1.82, 2.24) is 0 Å². The van der Waals surface area contributed by atoms with Crippen LogP contribution in [0.1, 0.15) is 0 Å². The maximum atomic E-state index is 2.34. The van der Waals surface area contributed by atoms with Crippen LogP contribution in [0.4, 0.5) is 0 Å². The number of benzene rings is 8. The second-order valence-electron chi connectivity index (χ2n) is 11.8. The van der Waals surface area contributed by atoms with E-state index in [0.29, 0.717) is 0 Å². The Morgan fingerprint density at radius 2 is 0.413 bits per heavy atom. The van der Waals surface area contributed by atoms with Crippen LogP contribution in [0.15, 0.2) is 194 Å². The molecule has 0 fully saturated rings. The molecular formula is C46H32. The summed E-state index contributed by atoms with van der Waals surface area (Å²) in [4.78, 5) is 0. The van der Waals surface area contributed by atoms with Gasteiger partial charge in [-0.05, 0) is 114 Å². The highest BCUT2D eigenvalue weighted by atomic mass is 14.2. The van der Waals surface area contributed by atoms with Crippen molar-refractivity contribution in [2.75, 3.05) is 0 Å². The Balaban J connectivity index is 1.33. The Morgan fingerprint density at radius 3 is 0.696 bits per heavy atom. The molecule has 0 nitrogen and oxygen atoms in total. The summed E-state index contributed by atoms with van der Waals surface area (Å²) in [6.07, 6.45) is 0. The van der Waals surface area contributed by atoms with E-state index in [0.717, 1.165) is 0 Å². The lowest BCUT2D eigenvalue weighted by atomic mass is 9.87. The van der Waals surface area contributed by atoms with Crippen molar-refractivity contribution in [1.29, 1.82) is 0 Å². The molecule has 8 rings (SSSR count). The van der Waals surface area contributed by atoms with Gasteiger partial charge in [0, 0.05) is 0 Å². The van der Waals surface area contributed by atoms with Crippen molar-refractivity contribution in [2.45, 2.75) is 0 Å². The van der Waals surface area contributed by atoms with Gasteiger partial charge in [0.1, 0.15) is 0 Å². The number of fused-ring (bicyclic) bond motifs is 1. The average molecular weight is 585 g/mol. The minimum absolute atomic E-state index is 1.21. The van der Waals surface area contributed by atoms with Crippen molar-refractivity contribution in [2.24, 2.45) is 0 Å². The van der Waals surface area contributed by atoms with Gasteiger partial charge in [-0.3, -0.25) is 0 Å². The molecule has 0 aliphatic heterocycles. The normalized spacial score (nSPS) is 11.0. The minimum atomic E-state index is 1.21. The van der Waals surface area contributed by atoms with Gasteiger partial charge in [0.25, 0.3) is 0 Å². The van der Waals surface area contributed by atoms with Crippen LogP contribution in [0.25, 0.3) is 77.5 Å². The first-order valence-electron chi connectivity index (χ1n) is 15.8. The molecule has 0 radical (unpaired) electrons. The van der Waals surface area contributed by atoms with Crippen LogP contribution in [-0.4, -0.2) is 0 Å². The van der Waals surface area contributed by atoms with Gasteiger partial charge in [-0.15, -0.1) is 0 Å². The average Bonchev–Trinajstić information content (AvgIpc) is 3.15. The lowest BCUT2D eigenvalue weighted by Crippen LogP contribution is -1.90. The zero-order valence-corrected chi connectivity index (χ0v) is 25.5. The van der Waals surface area contributed by atoms with Gasteiger partial charge in [0.2, 0.25) is 0 Å². The van der Waals surface area contributed by atoms with Gasteiger partial charge in [-0.1, -0.05) is 158 Å². The fourth-order valence-electron chi connectivity index (χ4n) is 6.56. The van der Waals surface area contributed by atoms with Crippen LogP contribution < -0.4 is 0 Å². The van der Waals surface area contributed by atoms with E-state index < -0.39 is 0 Å². The van der Waals surface area contributed by atoms with Crippen LogP contribution in [0.5, 0.6) is 0 Å². The van der Waals surface area contributed by atoms with Gasteiger partial charge < -0.3 is 0 Å². The van der Waals surface area contributed by atoms with E-state index in [1.165, 1.54) is 77.5 Å². The number of hydrogen-bond donors (Lipinski definition) is 0. The maximum Gasteiger partial charge on any atom is -0.00992 e. The molecule has 0 saturated heterocycles. The van der Waals surface area contributed by atoms with Crippen molar-refractivity contribution in [3.63, 3.8) is 0 Å². The predicted octanol–water partition coefficient (Wildman–Crippen LogP) is 12.8. The summed E-state index contributed by atoms with van der Waals surface area (Å²) in [6, 6.07) is 70.2. The lowest BCUT2D eigenvalue weighted by Gasteiger charge is -2.16. The Bertz CT molecular complexity index is 1990. The standard InChI is InChI=1S/C46H32/c1-5-15-33(16-6-1)37-27-38(34-17-7-2-8-18-34)30-41(29-37)43-25-26-44(46-24-14-13-23-45(43)46)42-31-39(35-19-9-3-10-20-35)28-40(32-42)36-21-11-4-12-22-36/h1-32H. The highest BCUT2D eigenvalue weighted by Crippen LogP contribution is 2.41. The molecule has 216 valence electrons. The molecular weight excluding hydrogens is 553 g/mol. The second-order valence-corrected chi connectivity index (χ2v) is 11.8. The highest BCUT2D eigenvalue weighted by Gasteiger charge is 2.14. The topological polar surface area (TPSA) is 0 Å². The van der Waals surface area contributed by atoms with Crippen LogP contribution in [0.2, 0.25) is 0 Å². The fraction of sp³-hybridized carbons (Fsp3) is 0. The minimum Gasteiger partial charge on any atom is -0.0622 e. The molecule has 0 atom stereocenters. The molecule has 0 aromatic heterocycles. The summed E-state index contributed by atoms with van der Waals surface area (Å²) in [5.74, 6) is 0. The molecule has 8 aromatic rings. The highest BCUT2D eigenvalue weighted by molar-refractivity contribution is 6.06. The summed E-state index contributed by atoms with van der Waals surface area (Å²) in [5, 5.41) is 2.49. The lowest BCUT2D eigenvalue weighted by molar-refractivity contribution is 1.56. The molecule has 0 aliphatic carbocycles. The molecule has 8 aromatic carbocycles. The quantitative estimate of drug-likeness (QED) is 0.182. The van der Waals surface area contributed by atoms with Crippen molar-refractivity contribution in [3.8, 4) is 66.8 Å². The SMILES string of the molecule is c1ccc(-c2cc(-c3ccccc3)cc(-c3ccc(-c4cc(-c5ccccc5)cc(-c5ccccc5)c4)c4ccccc34)c2)cc1. The zero-order chi connectivity index (χ0) is 30.7. The molecule has 46 heavy (non-hydrogen) atoms. The first kappa shape index (κ1) is 27.6. The van der Waals surface area contributed by atoms with E-state index in [2.05, 4.69) is 194 Å². The van der Waals surface area contributed by atoms with Crippen molar-refractivity contribution in [3.05, 3.63) is 194 Å². The monoisotopic (exact) mass is 584 g/mol. The van der Waals surface area contributed by atoms with E-state index in [-0.39, 0.29) is 0 Å². The smallest absolute Gasteiger partial charge is 0.00992 e. The van der Waals surface area contributed by atoms with Gasteiger partial charge in [-0.2, -0.15) is 0 Å². The van der Waals surface area contributed by atoms with Gasteiger partial charge in [0.05, 0.1) is 0 Å². The van der Waals surface area contributed by atoms with E-state index in [1.807, 2.05) is 0 Å². The summed E-state index contributed by atoms with van der Waals surface area (Å²) in [6.45, 7) is 0. The molecule has 0 saturated carbocycles. The van der Waals surface area contributed by atoms with E-state index in [4.69, 9.17) is 0 Å². The molecule has 0 unspecified atom stereocenters. The summed E-state index contributed by atoms with van der Waals surface area (Å²) < 4.78 is 0. The van der Waals surface area contributed by atoms with E-state index in [1.54, 1.807) is 0 Å². The van der Waals surface area contributed by atoms with Gasteiger partial charge >= 0.3 is 0 Å². The van der Waals surface area contributed by atoms with Gasteiger partial charge in [0.15, 0.2) is 0 Å². The van der Waals surface area contributed by atoms with Crippen molar-refractivity contribution < 1.29 is 0 Å². The van der Waals surface area contributed by atoms with Crippen LogP contribution in [-0.2, 0) is 0 Å². The molecule has 0 spiro atoms. The van der Waals surface area contributed by atoms with Crippen LogP contribution in [0.3, 0.4) is 0 Å². The molecule has 0 amide bonds. The molecule has 0 aliphatic rings. The van der Waals surface area contributed by atoms with E-state index >= 15 is 0 Å². The predicted molar refractivity (Wildman–Crippen MR) is 197 cm³/mol. The second kappa shape index (κ2) is 12.2. The first-order valence-corrected chi connectivity index (χ1v) is 15.8. The molecule has 0 heteroatoms. The summed E-state index contributed by atoms with van der Waals surface area (Å²) in [7, 11) is 0. The Labute approximate surface area is 270 Å².